The molecule has 0 fully saturated rings. The van der Waals surface area contributed by atoms with E-state index < -0.39 is 31.7 Å². The van der Waals surface area contributed by atoms with E-state index in [4.69, 9.17) is 10.6 Å². The quantitative estimate of drug-likeness (QED) is 0.0681. The summed E-state index contributed by atoms with van der Waals surface area (Å²) in [6.45, 7) is 73.1. The van der Waals surface area contributed by atoms with Crippen molar-refractivity contribution in [3.63, 3.8) is 0 Å². The van der Waals surface area contributed by atoms with E-state index in [0.29, 0.717) is 0 Å². The summed E-state index contributed by atoms with van der Waals surface area (Å²) in [5.74, 6) is 0. The summed E-state index contributed by atoms with van der Waals surface area (Å²) in [4.78, 5) is 0. The molecule has 12 aromatic rings. The molecule has 0 unspecified atom stereocenters. The Hall–Kier alpha value is -7.00. The second-order valence-electron chi connectivity index (χ2n) is 33.7. The predicted octanol–water partition coefficient (Wildman–Crippen LogP) is 23.9. The summed E-state index contributed by atoms with van der Waals surface area (Å²) < 4.78 is 0. The van der Waals surface area contributed by atoms with Crippen LogP contribution < -0.4 is 63.7 Å². The van der Waals surface area contributed by atoms with Crippen LogP contribution in [0.2, 0.25) is 0 Å². The molecule has 0 heterocycles. The summed E-state index contributed by atoms with van der Waals surface area (Å²) >= 11 is 0. The summed E-state index contributed by atoms with van der Waals surface area (Å²) in [5, 5.41) is 29.3. The van der Waals surface area contributed by atoms with E-state index in [9.17, 15) is 0 Å². The van der Waals surface area contributed by atoms with Gasteiger partial charge in [0, 0.05) is 0 Å². The maximum absolute atomic E-state index is 5.95. The standard InChI is InChI=1S/2C52H60NP2.2Cu/c2*1-29-17-37(9)49(38(10)18-29)54(50-39(11)19-30(2)20-40(50)12)47-27-35(7)33(5)25-45(47)53-46-26-34(6)36(8)28-48(46)55(51-41(13)21-31(3)22-42(51)14)52-43(15)23-32(4)24-44(52)16;;/h2*17-28H,1-16H3;;/q2*-1;2*+2/p+4. The zero-order valence-corrected chi connectivity index (χ0v) is 79.2. The van der Waals surface area contributed by atoms with Crippen molar-refractivity contribution in [3.8, 4) is 0 Å². The van der Waals surface area contributed by atoms with E-state index in [-0.39, 0.29) is 34.1 Å². The fourth-order valence-corrected chi connectivity index (χ4v) is 32.4. The first kappa shape index (κ1) is 88.9. The predicted molar refractivity (Wildman–Crippen MR) is 503 cm³/mol. The zero-order chi connectivity index (χ0) is 80.4. The van der Waals surface area contributed by atoms with E-state index in [1.54, 1.807) is 0 Å². The Morgan fingerprint density at radius 2 is 0.232 bits per heavy atom. The molecule has 8 heteroatoms. The fourth-order valence-electron chi connectivity index (χ4n) is 18.8. The molecular formula is C104H124Cu2N2P4+6. The number of benzene rings is 12. The van der Waals surface area contributed by atoms with Gasteiger partial charge in [-0.1, -0.05) is 189 Å². The maximum Gasteiger partial charge on any atom is 2.00 e. The summed E-state index contributed by atoms with van der Waals surface area (Å²) in [6.07, 6.45) is 0. The first-order valence-corrected chi connectivity index (χ1v) is 45.8. The summed E-state index contributed by atoms with van der Waals surface area (Å²) in [5.41, 5.74) is 47.5. The van der Waals surface area contributed by atoms with Gasteiger partial charge in [-0.2, -0.15) is 0 Å². The Kier molecular flexibility index (Phi) is 28.6. The second kappa shape index (κ2) is 36.0. The van der Waals surface area contributed by atoms with E-state index in [2.05, 4.69) is 367 Å². The van der Waals surface area contributed by atoms with Crippen molar-refractivity contribution < 1.29 is 34.1 Å². The molecule has 112 heavy (non-hydrogen) atoms. The van der Waals surface area contributed by atoms with Crippen molar-refractivity contribution in [2.24, 2.45) is 0 Å². The van der Waals surface area contributed by atoms with Gasteiger partial charge in [0.25, 0.3) is 0 Å². The van der Waals surface area contributed by atoms with Gasteiger partial charge in [-0.05, 0) is 379 Å². The molecule has 0 amide bonds. The van der Waals surface area contributed by atoms with Crippen LogP contribution in [0, 0.1) is 222 Å². The molecule has 12 aromatic carbocycles. The van der Waals surface area contributed by atoms with Gasteiger partial charge in [0.2, 0.25) is 0 Å². The molecule has 0 atom stereocenters. The van der Waals surface area contributed by atoms with Crippen molar-refractivity contribution in [2.75, 3.05) is 0 Å². The molecule has 0 N–H and O–H groups in total. The normalized spacial score (nSPS) is 11.4. The topological polar surface area (TPSA) is 28.2 Å². The van der Waals surface area contributed by atoms with Crippen molar-refractivity contribution in [1.29, 1.82) is 0 Å². The van der Waals surface area contributed by atoms with Gasteiger partial charge in [-0.25, -0.2) is 0 Å². The van der Waals surface area contributed by atoms with Crippen LogP contribution in [0.1, 0.15) is 178 Å². The van der Waals surface area contributed by atoms with Gasteiger partial charge in [0.15, 0.2) is 0 Å². The number of aryl methyl sites for hydroxylation is 32. The van der Waals surface area contributed by atoms with Gasteiger partial charge >= 0.3 is 34.1 Å². The van der Waals surface area contributed by atoms with Crippen LogP contribution in [0.3, 0.4) is 0 Å². The number of hydrogen-bond acceptors (Lipinski definition) is 0. The van der Waals surface area contributed by atoms with Gasteiger partial charge in [-0.3, -0.25) is 0 Å². The Bertz CT molecular complexity index is 4570. The minimum Gasteiger partial charge on any atom is -0.651 e. The van der Waals surface area contributed by atoms with E-state index in [1.807, 2.05) is 0 Å². The van der Waals surface area contributed by atoms with Crippen LogP contribution in [0.25, 0.3) is 10.6 Å². The molecule has 12 rings (SSSR count). The van der Waals surface area contributed by atoms with Crippen molar-refractivity contribution in [2.45, 2.75) is 222 Å². The molecular weight excluding hydrogens is 1530 g/mol. The van der Waals surface area contributed by atoms with Gasteiger partial charge in [-0.15, -0.1) is 0 Å². The molecule has 0 aliphatic rings. The van der Waals surface area contributed by atoms with Gasteiger partial charge in [0.1, 0.15) is 42.4 Å². The van der Waals surface area contributed by atoms with Crippen LogP contribution in [0.5, 0.6) is 0 Å². The molecule has 0 saturated carbocycles. The number of nitrogens with zero attached hydrogens (tertiary/aromatic N) is 2. The average molecular weight is 1650 g/mol. The van der Waals surface area contributed by atoms with Crippen LogP contribution in [-0.2, 0) is 34.1 Å². The van der Waals surface area contributed by atoms with E-state index >= 15 is 0 Å². The third-order valence-corrected chi connectivity index (χ3v) is 37.5. The van der Waals surface area contributed by atoms with Gasteiger partial charge in [0.05, 0.1) is 52.9 Å². The average Bonchev–Trinajstić information content (AvgIpc) is 0.755. The van der Waals surface area contributed by atoms with E-state index in [0.717, 1.165) is 22.7 Å². The second-order valence-corrected chi connectivity index (χ2v) is 42.9. The summed E-state index contributed by atoms with van der Waals surface area (Å²) in [7, 11) is -5.97. The summed E-state index contributed by atoms with van der Waals surface area (Å²) in [6, 6.07) is 57.7. The molecule has 0 aromatic heterocycles. The van der Waals surface area contributed by atoms with Crippen molar-refractivity contribution >= 4 is 118 Å². The monoisotopic (exact) mass is 1650 g/mol. The maximum atomic E-state index is 5.95. The Morgan fingerprint density at radius 1 is 0.134 bits per heavy atom. The zero-order valence-electron chi connectivity index (χ0n) is 73.4. The minimum absolute atomic E-state index is 0. The Morgan fingerprint density at radius 3 is 0.339 bits per heavy atom. The molecule has 2 radical (unpaired) electrons. The minimum atomic E-state index is -1.49. The smallest absolute Gasteiger partial charge is 0.651 e. The number of rotatable bonds is 16. The van der Waals surface area contributed by atoms with Gasteiger partial charge < -0.3 is 10.6 Å². The largest absolute Gasteiger partial charge is 2.00 e. The molecule has 2 nitrogen and oxygen atoms in total. The SMILES string of the molecule is Cc1cc(C)c([PH+](c2cc(C)c(C)cc2[N-]c2cc(C)c(C)cc2[PH+](c2c(C)cc(C)cc2C)c2c(C)cc(C)cc2C)c2c(C)cc(C)cc2C)c(C)c1.Cc1cc(C)c([PH+](c2cc(C)c(C)cc2[N-]c2cc(C)c(C)cc2[PH+](c2c(C)cc(C)cc2C)c2c(C)cc(C)cc2C)c2c(C)cc(C)cc2C)c(C)c1.[Cu+2].[Cu+2]. The van der Waals surface area contributed by atoms with E-state index in [1.165, 1.54) is 242 Å². The van der Waals surface area contributed by atoms with Crippen LogP contribution >= 0.6 is 31.7 Å². The van der Waals surface area contributed by atoms with Crippen LogP contribution in [0.15, 0.2) is 146 Å². The molecule has 0 saturated heterocycles. The third kappa shape index (κ3) is 18.4. The fraction of sp³-hybridized carbons (Fsp3) is 0.308. The molecule has 0 spiro atoms. The van der Waals surface area contributed by atoms with Crippen LogP contribution in [0.4, 0.5) is 22.7 Å². The molecule has 0 aliphatic heterocycles. The molecule has 0 bridgehead atoms. The first-order valence-electron chi connectivity index (χ1n) is 39.8. The first-order chi connectivity index (χ1) is 51.7. The Balaban J connectivity index is 0.000000253. The molecule has 0 aliphatic carbocycles. The van der Waals surface area contributed by atoms with Crippen LogP contribution in [-0.4, -0.2) is 0 Å². The van der Waals surface area contributed by atoms with Crippen molar-refractivity contribution in [1.82, 2.24) is 0 Å². The van der Waals surface area contributed by atoms with Crippen molar-refractivity contribution in [3.05, 3.63) is 334 Å². The Labute approximate surface area is 702 Å². The third-order valence-electron chi connectivity index (χ3n) is 23.4. The molecule has 586 valence electrons. The number of hydrogen-bond donors (Lipinski definition) is 0.